The Bertz CT molecular complexity index is 616. The molecule has 0 unspecified atom stereocenters. The molecule has 0 radical (unpaired) electrons. The fraction of sp³-hybridized carbons (Fsp3) is 0.571. The lowest BCUT2D eigenvalue weighted by atomic mass is 9.90. The molecule has 0 saturated heterocycles. The van der Waals surface area contributed by atoms with Crippen molar-refractivity contribution in [3.05, 3.63) is 33.0 Å². The largest absolute Gasteiger partial charge is 0.311 e. The van der Waals surface area contributed by atoms with Crippen molar-refractivity contribution in [3.63, 3.8) is 0 Å². The quantitative estimate of drug-likeness (QED) is 0.829. The van der Waals surface area contributed by atoms with Crippen LogP contribution in [0, 0.1) is 0 Å². The van der Waals surface area contributed by atoms with Gasteiger partial charge in [-0.05, 0) is 38.8 Å². The Morgan fingerprint density at radius 1 is 1.40 bits per heavy atom. The summed E-state index contributed by atoms with van der Waals surface area (Å²) >= 11 is 7.58. The van der Waals surface area contributed by atoms with E-state index >= 15 is 0 Å². The van der Waals surface area contributed by atoms with E-state index in [0.717, 1.165) is 33.7 Å². The SMILES string of the molecule is CC(C)(c1ccc(Cl)s1)c1nnc(C2CC2)n1CCF. The molecule has 20 heavy (non-hydrogen) atoms. The van der Waals surface area contributed by atoms with Crippen LogP contribution in [-0.2, 0) is 12.0 Å². The van der Waals surface area contributed by atoms with Crippen LogP contribution in [0.1, 0.15) is 49.1 Å². The third kappa shape index (κ3) is 2.37. The average Bonchev–Trinajstić information content (AvgIpc) is 3.00. The molecule has 0 bridgehead atoms. The second-order valence-electron chi connectivity index (χ2n) is 5.73. The molecule has 1 fully saturated rings. The van der Waals surface area contributed by atoms with E-state index in [-0.39, 0.29) is 5.41 Å². The highest BCUT2D eigenvalue weighted by molar-refractivity contribution is 7.16. The van der Waals surface area contributed by atoms with Gasteiger partial charge in [0, 0.05) is 10.8 Å². The highest BCUT2D eigenvalue weighted by atomic mass is 35.5. The number of aromatic nitrogens is 3. The Kier molecular flexibility index (Phi) is 3.58. The van der Waals surface area contributed by atoms with Crippen molar-refractivity contribution >= 4 is 22.9 Å². The number of nitrogens with zero attached hydrogens (tertiary/aromatic N) is 3. The number of halogens is 2. The summed E-state index contributed by atoms with van der Waals surface area (Å²) in [6, 6.07) is 3.90. The second-order valence-corrected chi connectivity index (χ2v) is 7.44. The number of thiophene rings is 1. The molecule has 1 saturated carbocycles. The first-order chi connectivity index (χ1) is 9.54. The third-order valence-electron chi connectivity index (χ3n) is 3.78. The zero-order valence-electron chi connectivity index (χ0n) is 11.6. The molecule has 2 heterocycles. The lowest BCUT2D eigenvalue weighted by molar-refractivity contribution is 0.419. The van der Waals surface area contributed by atoms with Gasteiger partial charge in [-0.2, -0.15) is 0 Å². The molecule has 108 valence electrons. The van der Waals surface area contributed by atoms with E-state index in [9.17, 15) is 4.39 Å². The van der Waals surface area contributed by atoms with Crippen LogP contribution in [0.15, 0.2) is 12.1 Å². The lowest BCUT2D eigenvalue weighted by Crippen LogP contribution is -2.24. The lowest BCUT2D eigenvalue weighted by Gasteiger charge is -2.23. The van der Waals surface area contributed by atoms with Crippen LogP contribution in [0.4, 0.5) is 4.39 Å². The second kappa shape index (κ2) is 5.11. The van der Waals surface area contributed by atoms with Gasteiger partial charge in [0.05, 0.1) is 16.3 Å². The van der Waals surface area contributed by atoms with E-state index in [1.165, 1.54) is 0 Å². The molecule has 0 aliphatic heterocycles. The van der Waals surface area contributed by atoms with Gasteiger partial charge >= 0.3 is 0 Å². The highest BCUT2D eigenvalue weighted by Crippen LogP contribution is 2.42. The molecular formula is C14H17ClFN3S. The van der Waals surface area contributed by atoms with Gasteiger partial charge in [0.25, 0.3) is 0 Å². The zero-order chi connectivity index (χ0) is 14.3. The summed E-state index contributed by atoms with van der Waals surface area (Å²) in [5, 5.41) is 8.68. The van der Waals surface area contributed by atoms with E-state index in [2.05, 4.69) is 24.0 Å². The maximum atomic E-state index is 12.9. The summed E-state index contributed by atoms with van der Waals surface area (Å²) in [4.78, 5) is 1.12. The Hall–Kier alpha value is -0.940. The monoisotopic (exact) mass is 313 g/mol. The number of alkyl halides is 1. The van der Waals surface area contributed by atoms with E-state index in [1.807, 2.05) is 16.7 Å². The summed E-state index contributed by atoms with van der Waals surface area (Å²) in [5.41, 5.74) is -0.312. The topological polar surface area (TPSA) is 30.7 Å². The Labute approximate surface area is 126 Å². The van der Waals surface area contributed by atoms with Crippen molar-refractivity contribution in [3.8, 4) is 0 Å². The highest BCUT2D eigenvalue weighted by Gasteiger charge is 2.36. The minimum Gasteiger partial charge on any atom is -0.311 e. The van der Waals surface area contributed by atoms with Gasteiger partial charge in [0.2, 0.25) is 0 Å². The van der Waals surface area contributed by atoms with E-state index in [1.54, 1.807) is 11.3 Å². The van der Waals surface area contributed by atoms with Gasteiger partial charge in [0.1, 0.15) is 18.3 Å². The van der Waals surface area contributed by atoms with Crippen LogP contribution in [-0.4, -0.2) is 21.4 Å². The van der Waals surface area contributed by atoms with Crippen molar-refractivity contribution in [2.24, 2.45) is 0 Å². The molecular weight excluding hydrogens is 297 g/mol. The predicted octanol–water partition coefficient (Wildman–Crippen LogP) is 4.17. The fourth-order valence-electron chi connectivity index (χ4n) is 2.49. The molecule has 0 atom stereocenters. The summed E-state index contributed by atoms with van der Waals surface area (Å²) in [7, 11) is 0. The van der Waals surface area contributed by atoms with Crippen LogP contribution in [0.3, 0.4) is 0 Å². The normalized spacial score (nSPS) is 15.8. The van der Waals surface area contributed by atoms with Crippen molar-refractivity contribution in [2.45, 2.75) is 44.6 Å². The molecule has 0 spiro atoms. The molecule has 6 heteroatoms. The van der Waals surface area contributed by atoms with E-state index in [4.69, 9.17) is 11.6 Å². The molecule has 0 amide bonds. The van der Waals surface area contributed by atoms with Crippen molar-refractivity contribution in [1.82, 2.24) is 14.8 Å². The van der Waals surface area contributed by atoms with Crippen LogP contribution in [0.2, 0.25) is 4.34 Å². The number of hydrogen-bond acceptors (Lipinski definition) is 3. The Morgan fingerprint density at radius 3 is 2.70 bits per heavy atom. The molecule has 0 aromatic carbocycles. The van der Waals surface area contributed by atoms with Crippen LogP contribution < -0.4 is 0 Å². The van der Waals surface area contributed by atoms with Crippen molar-refractivity contribution < 1.29 is 4.39 Å². The van der Waals surface area contributed by atoms with Gasteiger partial charge in [-0.15, -0.1) is 21.5 Å². The molecule has 2 aromatic rings. The van der Waals surface area contributed by atoms with Gasteiger partial charge in [0.15, 0.2) is 0 Å². The first kappa shape index (κ1) is 14.0. The van der Waals surface area contributed by atoms with Crippen LogP contribution in [0.25, 0.3) is 0 Å². The molecule has 3 nitrogen and oxygen atoms in total. The molecule has 3 rings (SSSR count). The first-order valence-electron chi connectivity index (χ1n) is 6.79. The Morgan fingerprint density at radius 2 is 2.15 bits per heavy atom. The van der Waals surface area contributed by atoms with Gasteiger partial charge in [-0.1, -0.05) is 11.6 Å². The summed E-state index contributed by atoms with van der Waals surface area (Å²) in [5.74, 6) is 2.23. The van der Waals surface area contributed by atoms with E-state index < -0.39 is 6.67 Å². The molecule has 2 aromatic heterocycles. The summed E-state index contributed by atoms with van der Waals surface area (Å²) in [6.07, 6.45) is 2.27. The number of hydrogen-bond donors (Lipinski definition) is 0. The van der Waals surface area contributed by atoms with E-state index in [0.29, 0.717) is 12.5 Å². The minimum absolute atomic E-state index is 0.312. The van der Waals surface area contributed by atoms with Gasteiger partial charge in [-0.3, -0.25) is 0 Å². The predicted molar refractivity (Wildman–Crippen MR) is 79.4 cm³/mol. The molecule has 1 aliphatic rings. The van der Waals surface area contributed by atoms with Gasteiger partial charge in [-0.25, -0.2) is 4.39 Å². The van der Waals surface area contributed by atoms with Gasteiger partial charge < -0.3 is 4.57 Å². The Balaban J connectivity index is 2.03. The zero-order valence-corrected chi connectivity index (χ0v) is 13.1. The maximum Gasteiger partial charge on any atom is 0.144 e. The standard InChI is InChI=1S/C14H17ClFN3S/c1-14(2,10-5-6-11(15)20-10)13-18-17-12(9-3-4-9)19(13)8-7-16/h5-6,9H,3-4,7-8H2,1-2H3. The average molecular weight is 314 g/mol. The molecule has 0 N–H and O–H groups in total. The van der Waals surface area contributed by atoms with Crippen LogP contribution >= 0.6 is 22.9 Å². The van der Waals surface area contributed by atoms with Crippen molar-refractivity contribution in [1.29, 1.82) is 0 Å². The summed E-state index contributed by atoms with van der Waals surface area (Å²) in [6.45, 7) is 4.11. The first-order valence-corrected chi connectivity index (χ1v) is 7.99. The van der Waals surface area contributed by atoms with Crippen LogP contribution in [0.5, 0.6) is 0 Å². The maximum absolute atomic E-state index is 12.9. The number of rotatable bonds is 5. The van der Waals surface area contributed by atoms with Crippen molar-refractivity contribution in [2.75, 3.05) is 6.67 Å². The summed E-state index contributed by atoms with van der Waals surface area (Å²) < 4.78 is 15.6. The third-order valence-corrected chi connectivity index (χ3v) is 5.33. The molecule has 1 aliphatic carbocycles. The smallest absolute Gasteiger partial charge is 0.144 e. The minimum atomic E-state index is -0.397. The fourth-order valence-corrected chi connectivity index (χ4v) is 3.63.